The predicted molar refractivity (Wildman–Crippen MR) is 86.0 cm³/mol. The quantitative estimate of drug-likeness (QED) is 0.822. The Labute approximate surface area is 128 Å². The first-order valence-electron chi connectivity index (χ1n) is 6.70. The Kier molecular flexibility index (Phi) is 5.06. The molecule has 4 nitrogen and oxygen atoms in total. The number of halogens is 1. The van der Waals surface area contributed by atoms with Gasteiger partial charge in [-0.25, -0.2) is 0 Å². The number of anilines is 2. The van der Waals surface area contributed by atoms with Gasteiger partial charge in [0.1, 0.15) is 5.75 Å². The van der Waals surface area contributed by atoms with Crippen molar-refractivity contribution in [2.24, 2.45) is 0 Å². The summed E-state index contributed by atoms with van der Waals surface area (Å²) in [5.74, 6) is 0.437. The van der Waals surface area contributed by atoms with Crippen LogP contribution < -0.4 is 15.8 Å². The monoisotopic (exact) mass is 304 g/mol. The topological polar surface area (TPSA) is 64.3 Å². The molecule has 21 heavy (non-hydrogen) atoms. The lowest BCUT2D eigenvalue weighted by atomic mass is 10.1. The summed E-state index contributed by atoms with van der Waals surface area (Å²) in [7, 11) is 0. The molecule has 5 heteroatoms. The van der Waals surface area contributed by atoms with Gasteiger partial charge in [0.2, 0.25) is 0 Å². The molecule has 1 amide bonds. The molecule has 0 heterocycles. The molecule has 0 aromatic heterocycles. The molecule has 0 unspecified atom stereocenters. The highest BCUT2D eigenvalue weighted by Gasteiger charge is 2.13. The van der Waals surface area contributed by atoms with Gasteiger partial charge >= 0.3 is 0 Å². The first-order valence-corrected chi connectivity index (χ1v) is 7.08. The Morgan fingerprint density at radius 2 is 1.95 bits per heavy atom. The standard InChI is InChI=1S/C16H17ClN2O2/c1-2-10-21-12-8-6-11(7-9-12)19-16(20)15-13(17)4-3-5-14(15)18/h3-9H,2,10,18H2,1H3,(H,19,20). The molecule has 110 valence electrons. The SMILES string of the molecule is CCCOc1ccc(NC(=O)c2c(N)cccc2Cl)cc1. The smallest absolute Gasteiger partial charge is 0.259 e. The van der Waals surface area contributed by atoms with E-state index in [4.69, 9.17) is 22.1 Å². The summed E-state index contributed by atoms with van der Waals surface area (Å²) in [4.78, 5) is 12.2. The zero-order valence-electron chi connectivity index (χ0n) is 11.7. The van der Waals surface area contributed by atoms with E-state index in [1.807, 2.05) is 6.92 Å². The van der Waals surface area contributed by atoms with E-state index in [9.17, 15) is 4.79 Å². The molecule has 0 radical (unpaired) electrons. The maximum Gasteiger partial charge on any atom is 0.259 e. The van der Waals surface area contributed by atoms with E-state index in [1.165, 1.54) is 0 Å². The van der Waals surface area contributed by atoms with Crippen molar-refractivity contribution in [3.05, 3.63) is 53.1 Å². The van der Waals surface area contributed by atoms with Crippen LogP contribution in [0.5, 0.6) is 5.75 Å². The van der Waals surface area contributed by atoms with Crippen molar-refractivity contribution in [3.63, 3.8) is 0 Å². The molecule has 0 spiro atoms. The normalized spacial score (nSPS) is 10.2. The average Bonchev–Trinajstić information content (AvgIpc) is 2.46. The molecule has 0 aliphatic heterocycles. The van der Waals surface area contributed by atoms with Crippen molar-refractivity contribution in [2.45, 2.75) is 13.3 Å². The van der Waals surface area contributed by atoms with Crippen molar-refractivity contribution < 1.29 is 9.53 Å². The van der Waals surface area contributed by atoms with Crippen LogP contribution in [0.1, 0.15) is 23.7 Å². The molecule has 2 aromatic rings. The van der Waals surface area contributed by atoms with Crippen LogP contribution in [0.25, 0.3) is 0 Å². The Bertz CT molecular complexity index is 606. The van der Waals surface area contributed by atoms with E-state index in [1.54, 1.807) is 42.5 Å². The van der Waals surface area contributed by atoms with E-state index < -0.39 is 0 Å². The minimum atomic E-state index is -0.333. The molecule has 2 rings (SSSR count). The first-order chi connectivity index (χ1) is 10.1. The second-order valence-corrected chi connectivity index (χ2v) is 4.94. The van der Waals surface area contributed by atoms with Crippen molar-refractivity contribution in [1.29, 1.82) is 0 Å². The maximum absolute atomic E-state index is 12.2. The summed E-state index contributed by atoms with van der Waals surface area (Å²) in [6.45, 7) is 2.71. The number of carbonyl (C=O) groups is 1. The Morgan fingerprint density at radius 3 is 2.57 bits per heavy atom. The number of hydrogen-bond acceptors (Lipinski definition) is 3. The fourth-order valence-electron chi connectivity index (χ4n) is 1.83. The van der Waals surface area contributed by atoms with Gasteiger partial charge in [-0.2, -0.15) is 0 Å². The third kappa shape index (κ3) is 3.89. The molecule has 0 atom stereocenters. The number of nitrogen functional groups attached to an aromatic ring is 1. The Hall–Kier alpha value is -2.20. The molecule has 0 aliphatic rings. The number of nitrogens with one attached hydrogen (secondary N) is 1. The van der Waals surface area contributed by atoms with E-state index in [0.29, 0.717) is 23.0 Å². The van der Waals surface area contributed by atoms with Gasteiger partial charge in [-0.3, -0.25) is 4.79 Å². The highest BCUT2D eigenvalue weighted by Crippen LogP contribution is 2.24. The fraction of sp³-hybridized carbons (Fsp3) is 0.188. The number of hydrogen-bond donors (Lipinski definition) is 2. The predicted octanol–water partition coefficient (Wildman–Crippen LogP) is 3.96. The van der Waals surface area contributed by atoms with Crippen molar-refractivity contribution in [1.82, 2.24) is 0 Å². The molecule has 3 N–H and O–H groups in total. The van der Waals surface area contributed by atoms with E-state index in [0.717, 1.165) is 12.2 Å². The lowest BCUT2D eigenvalue weighted by molar-refractivity contribution is 0.102. The van der Waals surface area contributed by atoms with Gasteiger partial charge in [-0.05, 0) is 42.8 Å². The molecule has 0 bridgehead atoms. The number of carbonyl (C=O) groups excluding carboxylic acids is 1. The fourth-order valence-corrected chi connectivity index (χ4v) is 2.10. The van der Waals surface area contributed by atoms with E-state index in [2.05, 4.69) is 5.32 Å². The zero-order chi connectivity index (χ0) is 15.2. The largest absolute Gasteiger partial charge is 0.494 e. The number of ether oxygens (including phenoxy) is 1. The number of nitrogens with two attached hydrogens (primary N) is 1. The summed E-state index contributed by atoms with van der Waals surface area (Å²) in [5.41, 5.74) is 7.08. The Balaban J connectivity index is 2.09. The molecule has 0 saturated heterocycles. The summed E-state index contributed by atoms with van der Waals surface area (Å²) in [6, 6.07) is 12.1. The van der Waals surface area contributed by atoms with E-state index in [-0.39, 0.29) is 11.5 Å². The molecule has 0 aliphatic carbocycles. The molecule has 2 aromatic carbocycles. The van der Waals surface area contributed by atoms with Crippen LogP contribution in [0, 0.1) is 0 Å². The summed E-state index contributed by atoms with van der Waals surface area (Å²) in [5, 5.41) is 3.09. The summed E-state index contributed by atoms with van der Waals surface area (Å²) < 4.78 is 5.48. The summed E-state index contributed by atoms with van der Waals surface area (Å²) in [6.07, 6.45) is 0.949. The van der Waals surface area contributed by atoms with Gasteiger partial charge in [0.15, 0.2) is 0 Å². The van der Waals surface area contributed by atoms with Crippen LogP contribution in [0.3, 0.4) is 0 Å². The van der Waals surface area contributed by atoms with Crippen LogP contribution in [-0.4, -0.2) is 12.5 Å². The van der Waals surface area contributed by atoms with Crippen LogP contribution in [0.15, 0.2) is 42.5 Å². The van der Waals surface area contributed by atoms with Crippen molar-refractivity contribution >= 4 is 28.9 Å². The van der Waals surface area contributed by atoms with Gasteiger partial charge in [-0.15, -0.1) is 0 Å². The van der Waals surface area contributed by atoms with Crippen molar-refractivity contribution in [2.75, 3.05) is 17.7 Å². The van der Waals surface area contributed by atoms with Gasteiger partial charge in [-0.1, -0.05) is 24.6 Å². The molecular weight excluding hydrogens is 288 g/mol. The highest BCUT2D eigenvalue weighted by molar-refractivity contribution is 6.35. The van der Waals surface area contributed by atoms with Gasteiger partial charge in [0.25, 0.3) is 5.91 Å². The maximum atomic E-state index is 12.2. The van der Waals surface area contributed by atoms with Gasteiger partial charge < -0.3 is 15.8 Å². The first kappa shape index (κ1) is 15.2. The number of amides is 1. The molecule has 0 fully saturated rings. The van der Waals surface area contributed by atoms with Gasteiger partial charge in [0.05, 0.1) is 17.2 Å². The minimum absolute atomic E-state index is 0.283. The zero-order valence-corrected chi connectivity index (χ0v) is 12.5. The molecular formula is C16H17ClN2O2. The van der Waals surface area contributed by atoms with Crippen molar-refractivity contribution in [3.8, 4) is 5.75 Å². The number of rotatable bonds is 5. The van der Waals surface area contributed by atoms with Crippen LogP contribution in [0.4, 0.5) is 11.4 Å². The third-order valence-electron chi connectivity index (χ3n) is 2.86. The third-order valence-corrected chi connectivity index (χ3v) is 3.17. The van der Waals surface area contributed by atoms with Gasteiger partial charge in [0, 0.05) is 11.4 Å². The summed E-state index contributed by atoms with van der Waals surface area (Å²) >= 11 is 6.01. The Morgan fingerprint density at radius 1 is 1.24 bits per heavy atom. The lowest BCUT2D eigenvalue weighted by Crippen LogP contribution is -2.14. The van der Waals surface area contributed by atoms with E-state index >= 15 is 0 Å². The molecule has 0 saturated carbocycles. The number of benzene rings is 2. The second-order valence-electron chi connectivity index (χ2n) is 4.53. The minimum Gasteiger partial charge on any atom is -0.494 e. The van der Waals surface area contributed by atoms with Crippen LogP contribution in [-0.2, 0) is 0 Å². The highest BCUT2D eigenvalue weighted by atomic mass is 35.5. The van der Waals surface area contributed by atoms with Crippen LogP contribution in [0.2, 0.25) is 5.02 Å². The van der Waals surface area contributed by atoms with Crippen LogP contribution >= 0.6 is 11.6 Å². The lowest BCUT2D eigenvalue weighted by Gasteiger charge is -2.10. The average molecular weight is 305 g/mol. The second kappa shape index (κ2) is 6.99.